The van der Waals surface area contributed by atoms with Crippen molar-refractivity contribution in [2.24, 2.45) is 0 Å². The first-order chi connectivity index (χ1) is 12.7. The lowest BCUT2D eigenvalue weighted by Gasteiger charge is -2.34. The van der Waals surface area contributed by atoms with Crippen molar-refractivity contribution in [3.63, 3.8) is 0 Å². The minimum absolute atomic E-state index is 0.285. The molecule has 1 fully saturated rings. The molecule has 2 aromatic heterocycles. The van der Waals surface area contributed by atoms with Crippen molar-refractivity contribution in [2.45, 2.75) is 13.5 Å². The molecule has 1 aromatic carbocycles. The normalized spacial score (nSPS) is 15.4. The van der Waals surface area contributed by atoms with E-state index >= 15 is 0 Å². The highest BCUT2D eigenvalue weighted by Crippen LogP contribution is 2.20. The number of piperazine rings is 1. The predicted octanol–water partition coefficient (Wildman–Crippen LogP) is 2.30. The van der Waals surface area contributed by atoms with E-state index in [9.17, 15) is 4.39 Å². The van der Waals surface area contributed by atoms with Crippen LogP contribution in [0.1, 0.15) is 11.7 Å². The van der Waals surface area contributed by atoms with Crippen molar-refractivity contribution < 1.29 is 8.91 Å². The Morgan fingerprint density at radius 1 is 1.08 bits per heavy atom. The van der Waals surface area contributed by atoms with E-state index in [2.05, 4.69) is 29.9 Å². The van der Waals surface area contributed by atoms with Gasteiger partial charge in [-0.3, -0.25) is 4.90 Å². The number of hydrogen-bond acceptors (Lipinski definition) is 7. The summed E-state index contributed by atoms with van der Waals surface area (Å²) in [5.41, 5.74) is 0.353. The predicted molar refractivity (Wildman–Crippen MR) is 94.0 cm³/mol. The summed E-state index contributed by atoms with van der Waals surface area (Å²) in [6.07, 6.45) is 1.78. The van der Waals surface area contributed by atoms with Crippen molar-refractivity contribution in [3.8, 4) is 11.4 Å². The fourth-order valence-electron chi connectivity index (χ4n) is 3.02. The number of hydrogen-bond donors (Lipinski definition) is 0. The van der Waals surface area contributed by atoms with Gasteiger partial charge in [0, 0.05) is 32.4 Å². The van der Waals surface area contributed by atoms with E-state index in [1.165, 1.54) is 6.07 Å². The molecule has 0 spiro atoms. The lowest BCUT2D eigenvalue weighted by molar-refractivity contribution is 0.215. The van der Waals surface area contributed by atoms with E-state index in [1.54, 1.807) is 24.4 Å². The van der Waals surface area contributed by atoms with Gasteiger partial charge in [0.15, 0.2) is 0 Å². The molecule has 26 heavy (non-hydrogen) atoms. The van der Waals surface area contributed by atoms with Crippen LogP contribution in [0.4, 0.5) is 10.2 Å². The Hall–Kier alpha value is -2.87. The first-order valence-corrected chi connectivity index (χ1v) is 8.53. The zero-order valence-electron chi connectivity index (χ0n) is 14.5. The maximum absolute atomic E-state index is 13.8. The topological polar surface area (TPSA) is 71.2 Å². The van der Waals surface area contributed by atoms with Gasteiger partial charge in [0.25, 0.3) is 0 Å². The molecule has 0 amide bonds. The van der Waals surface area contributed by atoms with Crippen LogP contribution < -0.4 is 4.90 Å². The molecule has 3 aromatic rings. The van der Waals surface area contributed by atoms with E-state index in [1.807, 2.05) is 13.0 Å². The zero-order chi connectivity index (χ0) is 17.9. The fourth-order valence-corrected chi connectivity index (χ4v) is 3.02. The van der Waals surface area contributed by atoms with Gasteiger partial charge in [0.05, 0.1) is 12.1 Å². The van der Waals surface area contributed by atoms with Gasteiger partial charge in [-0.25, -0.2) is 14.4 Å². The van der Waals surface area contributed by atoms with E-state index in [4.69, 9.17) is 4.52 Å². The highest BCUT2D eigenvalue weighted by molar-refractivity contribution is 5.54. The number of anilines is 1. The summed E-state index contributed by atoms with van der Waals surface area (Å²) in [5.74, 6) is 2.16. The molecule has 1 aliphatic rings. The monoisotopic (exact) mass is 354 g/mol. The molecule has 0 unspecified atom stereocenters. The smallest absolute Gasteiger partial charge is 0.241 e. The van der Waals surface area contributed by atoms with E-state index in [0.29, 0.717) is 18.0 Å². The summed E-state index contributed by atoms with van der Waals surface area (Å²) in [6.45, 7) is 5.90. The number of aryl methyl sites for hydroxylation is 1. The summed E-state index contributed by atoms with van der Waals surface area (Å²) in [4.78, 5) is 17.4. The minimum atomic E-state index is -0.353. The third-order valence-corrected chi connectivity index (χ3v) is 4.40. The average molecular weight is 354 g/mol. The van der Waals surface area contributed by atoms with Gasteiger partial charge in [-0.15, -0.1) is 0 Å². The molecule has 0 aliphatic carbocycles. The summed E-state index contributed by atoms with van der Waals surface area (Å²) >= 11 is 0. The van der Waals surface area contributed by atoms with Gasteiger partial charge in [-0.05, 0) is 25.1 Å². The van der Waals surface area contributed by atoms with Crippen LogP contribution in [-0.4, -0.2) is 51.2 Å². The highest BCUT2D eigenvalue weighted by atomic mass is 19.1. The number of rotatable bonds is 4. The van der Waals surface area contributed by atoms with Crippen molar-refractivity contribution >= 4 is 5.82 Å². The van der Waals surface area contributed by atoms with Gasteiger partial charge < -0.3 is 9.42 Å². The largest absolute Gasteiger partial charge is 0.354 e. The molecule has 0 N–H and O–H groups in total. The molecule has 0 atom stereocenters. The maximum Gasteiger partial charge on any atom is 0.241 e. The highest BCUT2D eigenvalue weighted by Gasteiger charge is 2.21. The van der Waals surface area contributed by atoms with Crippen LogP contribution in [0, 0.1) is 12.7 Å². The van der Waals surface area contributed by atoms with E-state index < -0.39 is 0 Å². The quantitative estimate of drug-likeness (QED) is 0.712. The standard InChI is InChI=1S/C18H19FN6O/c1-13-20-7-6-16(21-13)25-10-8-24(9-11-25)12-17-22-18(23-26-17)14-4-2-3-5-15(14)19/h2-7H,8-12H2,1H3. The van der Waals surface area contributed by atoms with Crippen molar-refractivity contribution in [1.29, 1.82) is 0 Å². The van der Waals surface area contributed by atoms with Crippen LogP contribution in [0.2, 0.25) is 0 Å². The first-order valence-electron chi connectivity index (χ1n) is 8.53. The second-order valence-electron chi connectivity index (χ2n) is 6.22. The van der Waals surface area contributed by atoms with Gasteiger partial charge in [0.2, 0.25) is 11.7 Å². The van der Waals surface area contributed by atoms with Crippen molar-refractivity contribution in [3.05, 3.63) is 54.1 Å². The lowest BCUT2D eigenvalue weighted by atomic mass is 10.2. The molecule has 0 bridgehead atoms. The molecule has 0 saturated carbocycles. The van der Waals surface area contributed by atoms with Crippen LogP contribution in [0.5, 0.6) is 0 Å². The second kappa shape index (κ2) is 7.17. The number of aromatic nitrogens is 4. The Balaban J connectivity index is 1.37. The average Bonchev–Trinajstić information content (AvgIpc) is 3.11. The summed E-state index contributed by atoms with van der Waals surface area (Å²) in [7, 11) is 0. The zero-order valence-corrected chi connectivity index (χ0v) is 14.5. The Morgan fingerprint density at radius 2 is 1.88 bits per heavy atom. The van der Waals surface area contributed by atoms with E-state index in [0.717, 1.165) is 37.8 Å². The Morgan fingerprint density at radius 3 is 2.65 bits per heavy atom. The van der Waals surface area contributed by atoms with Gasteiger partial charge >= 0.3 is 0 Å². The number of nitrogens with zero attached hydrogens (tertiary/aromatic N) is 6. The third kappa shape index (κ3) is 3.55. The minimum Gasteiger partial charge on any atom is -0.354 e. The molecular formula is C18H19FN6O. The first kappa shape index (κ1) is 16.6. The number of halogens is 1. The number of benzene rings is 1. The fraction of sp³-hybridized carbons (Fsp3) is 0.333. The SMILES string of the molecule is Cc1nccc(N2CCN(Cc3nc(-c4ccccc4F)no3)CC2)n1. The lowest BCUT2D eigenvalue weighted by Crippen LogP contribution is -2.46. The Kier molecular flexibility index (Phi) is 4.57. The van der Waals surface area contributed by atoms with Crippen LogP contribution in [0.25, 0.3) is 11.4 Å². The second-order valence-corrected chi connectivity index (χ2v) is 6.22. The summed E-state index contributed by atoms with van der Waals surface area (Å²) < 4.78 is 19.1. The van der Waals surface area contributed by atoms with Crippen molar-refractivity contribution in [1.82, 2.24) is 25.0 Å². The van der Waals surface area contributed by atoms with Crippen LogP contribution in [-0.2, 0) is 6.54 Å². The summed E-state index contributed by atoms with van der Waals surface area (Å²) in [6, 6.07) is 8.36. The molecule has 1 aliphatic heterocycles. The molecule has 8 heteroatoms. The van der Waals surface area contributed by atoms with Crippen LogP contribution in [0.15, 0.2) is 41.1 Å². The van der Waals surface area contributed by atoms with Gasteiger partial charge in [-0.2, -0.15) is 4.98 Å². The van der Waals surface area contributed by atoms with Gasteiger partial charge in [-0.1, -0.05) is 17.3 Å². The Labute approximate surface area is 150 Å². The molecule has 1 saturated heterocycles. The van der Waals surface area contributed by atoms with E-state index in [-0.39, 0.29) is 11.6 Å². The molecule has 3 heterocycles. The van der Waals surface area contributed by atoms with Crippen molar-refractivity contribution in [2.75, 3.05) is 31.1 Å². The molecule has 134 valence electrons. The molecule has 7 nitrogen and oxygen atoms in total. The Bertz CT molecular complexity index is 891. The third-order valence-electron chi connectivity index (χ3n) is 4.40. The maximum atomic E-state index is 13.8. The van der Waals surface area contributed by atoms with Crippen LogP contribution >= 0.6 is 0 Å². The van der Waals surface area contributed by atoms with Gasteiger partial charge in [0.1, 0.15) is 17.5 Å². The molecule has 0 radical (unpaired) electrons. The molecule has 4 rings (SSSR count). The summed E-state index contributed by atoms with van der Waals surface area (Å²) in [5, 5.41) is 3.90. The van der Waals surface area contributed by atoms with Crippen LogP contribution in [0.3, 0.4) is 0 Å². The molecular weight excluding hydrogens is 335 g/mol.